The van der Waals surface area contributed by atoms with Gasteiger partial charge in [0.05, 0.1) is 67.4 Å². The van der Waals surface area contributed by atoms with Gasteiger partial charge in [-0.15, -0.1) is 10.2 Å². The molecular weight excluding hydrogens is 871 g/mol. The number of halogens is 2. The first kappa shape index (κ1) is 44.6. The van der Waals surface area contributed by atoms with Crippen molar-refractivity contribution in [3.8, 4) is 11.5 Å². The van der Waals surface area contributed by atoms with Crippen molar-refractivity contribution < 1.29 is 62.4 Å². The molecular formula is C35H28Cl2N10O13S. The van der Waals surface area contributed by atoms with Crippen molar-refractivity contribution in [2.45, 2.75) is 6.42 Å². The van der Waals surface area contributed by atoms with Crippen molar-refractivity contribution in [2.75, 3.05) is 35.4 Å². The van der Waals surface area contributed by atoms with Gasteiger partial charge in [0.15, 0.2) is 0 Å². The van der Waals surface area contributed by atoms with Crippen LogP contribution < -0.4 is 20.7 Å². The fourth-order valence-corrected chi connectivity index (χ4v) is 5.77. The molecule has 23 nitrogen and oxygen atoms in total. The average molecular weight is 900 g/mol. The third kappa shape index (κ3) is 12.2. The van der Waals surface area contributed by atoms with Crippen LogP contribution in [0.1, 0.15) is 47.9 Å². The molecule has 0 aliphatic carbocycles. The number of carbonyl (C=O) groups is 4. The molecule has 1 aromatic heterocycles. The molecule has 5 aromatic rings. The van der Waals surface area contributed by atoms with Crippen molar-refractivity contribution in [1.29, 1.82) is 0 Å². The number of nitrogens with zero attached hydrogens (tertiary/aromatic N) is 7. The van der Waals surface area contributed by atoms with Crippen LogP contribution >= 0.6 is 23.2 Å². The fourth-order valence-electron chi connectivity index (χ4n) is 4.88. The molecule has 0 fully saturated rings. The Morgan fingerprint density at radius 2 is 1.07 bits per heavy atom. The Labute approximate surface area is 352 Å². The molecule has 0 saturated carbocycles. The Hall–Kier alpha value is -7.54. The summed E-state index contributed by atoms with van der Waals surface area (Å²) in [5, 5.41) is 72.3. The first-order chi connectivity index (χ1) is 28.8. The summed E-state index contributed by atoms with van der Waals surface area (Å²) in [6.45, 7) is -0.255. The summed E-state index contributed by atoms with van der Waals surface area (Å²) < 4.78 is 37.5. The number of aromatic nitrogens is 3. The summed E-state index contributed by atoms with van der Waals surface area (Å²) in [5.41, 5.74) is -1.78. The van der Waals surface area contributed by atoms with E-state index in [1.54, 1.807) is 0 Å². The molecule has 0 atom stereocenters. The zero-order valence-electron chi connectivity index (χ0n) is 30.7. The zero-order chi connectivity index (χ0) is 44.6. The van der Waals surface area contributed by atoms with Gasteiger partial charge in [0.25, 0.3) is 10.1 Å². The van der Waals surface area contributed by atoms with Gasteiger partial charge >= 0.3 is 23.9 Å². The second kappa shape index (κ2) is 19.0. The van der Waals surface area contributed by atoms with Crippen LogP contribution in [-0.2, 0) is 10.1 Å². The van der Waals surface area contributed by atoms with Crippen molar-refractivity contribution in [2.24, 2.45) is 20.5 Å². The standard InChI is InChI=1S/C35H28Cl2N10O13S/c1-38-33-41-34(39-25-11-21(36)23(13-27(25)48)46-44-19-7-15(29(49)50)5-16(8-19)30(51)52)43-35(42-33)40-26-12-22(37)24(14-28(26)60-3-2-4-61(57,58)59)47-45-20-9-17(31(53)54)6-18(10-20)32(55)56/h5-14,48H,2-4H2,1H3,(H,49,50)(H,51,52)(H,53,54)(H,55,56)(H,57,58,59)(H3,38,39,40,41,42,43). The summed E-state index contributed by atoms with van der Waals surface area (Å²) in [4.78, 5) is 58.8. The van der Waals surface area contributed by atoms with E-state index in [1.807, 2.05) is 0 Å². The number of carboxylic acids is 4. The lowest BCUT2D eigenvalue weighted by Gasteiger charge is -2.15. The Morgan fingerprint density at radius 3 is 1.51 bits per heavy atom. The van der Waals surface area contributed by atoms with E-state index in [1.165, 1.54) is 25.2 Å². The van der Waals surface area contributed by atoms with Gasteiger partial charge in [0.2, 0.25) is 17.8 Å². The first-order valence-corrected chi connectivity index (χ1v) is 19.1. The summed E-state index contributed by atoms with van der Waals surface area (Å²) in [6, 6.07) is 11.1. The monoisotopic (exact) mass is 898 g/mol. The molecule has 0 aliphatic rings. The van der Waals surface area contributed by atoms with Crippen molar-refractivity contribution >= 4 is 109 Å². The van der Waals surface area contributed by atoms with E-state index in [4.69, 9.17) is 32.5 Å². The molecule has 5 rings (SSSR count). The maximum absolute atomic E-state index is 11.5. The van der Waals surface area contributed by atoms with Crippen LogP contribution in [0.15, 0.2) is 81.1 Å². The lowest BCUT2D eigenvalue weighted by molar-refractivity contribution is 0.0676. The van der Waals surface area contributed by atoms with Crippen LogP contribution in [0.25, 0.3) is 0 Å². The highest BCUT2D eigenvalue weighted by molar-refractivity contribution is 7.85. The van der Waals surface area contributed by atoms with Gasteiger partial charge in [-0.3, -0.25) is 4.55 Å². The zero-order valence-corrected chi connectivity index (χ0v) is 33.1. The molecule has 316 valence electrons. The van der Waals surface area contributed by atoms with E-state index in [-0.39, 0.29) is 103 Å². The second-order valence-electron chi connectivity index (χ2n) is 12.1. The number of benzene rings is 4. The number of rotatable bonds is 18. The van der Waals surface area contributed by atoms with Gasteiger partial charge in [-0.2, -0.15) is 33.6 Å². The quantitative estimate of drug-likeness (QED) is 0.0176. The van der Waals surface area contributed by atoms with Gasteiger partial charge < -0.3 is 46.2 Å². The maximum Gasteiger partial charge on any atom is 0.335 e. The van der Waals surface area contributed by atoms with Crippen molar-refractivity contribution in [3.05, 3.63) is 93.0 Å². The van der Waals surface area contributed by atoms with Crippen LogP contribution in [-0.4, -0.2) is 96.7 Å². The minimum Gasteiger partial charge on any atom is -0.506 e. The molecule has 1 heterocycles. The van der Waals surface area contributed by atoms with Gasteiger partial charge in [-0.1, -0.05) is 23.2 Å². The molecule has 0 bridgehead atoms. The predicted molar refractivity (Wildman–Crippen MR) is 216 cm³/mol. The topological polar surface area (TPSA) is 357 Å². The third-order valence-electron chi connectivity index (χ3n) is 7.64. The highest BCUT2D eigenvalue weighted by Gasteiger charge is 2.18. The average Bonchev–Trinajstić information content (AvgIpc) is 3.19. The fraction of sp³-hybridized carbons (Fsp3) is 0.114. The molecule has 9 N–H and O–H groups in total. The van der Waals surface area contributed by atoms with Gasteiger partial charge in [0, 0.05) is 19.2 Å². The van der Waals surface area contributed by atoms with E-state index >= 15 is 0 Å². The highest BCUT2D eigenvalue weighted by Crippen LogP contribution is 2.40. The number of phenols is 1. The second-order valence-corrected chi connectivity index (χ2v) is 14.5. The Bertz CT molecular complexity index is 2690. The number of hydrogen-bond acceptors (Lipinski definition) is 18. The van der Waals surface area contributed by atoms with E-state index in [9.17, 15) is 53.1 Å². The van der Waals surface area contributed by atoms with E-state index in [0.29, 0.717) is 0 Å². The van der Waals surface area contributed by atoms with Crippen molar-refractivity contribution in [1.82, 2.24) is 15.0 Å². The number of hydrogen-bond donors (Lipinski definition) is 9. The van der Waals surface area contributed by atoms with E-state index < -0.39 is 45.5 Å². The van der Waals surface area contributed by atoms with Crippen LogP contribution in [0.5, 0.6) is 11.5 Å². The largest absolute Gasteiger partial charge is 0.506 e. The summed E-state index contributed by atoms with van der Waals surface area (Å²) in [7, 11) is -2.83. The summed E-state index contributed by atoms with van der Waals surface area (Å²) in [6.07, 6.45) is -0.156. The number of nitrogens with one attached hydrogen (secondary N) is 3. The first-order valence-electron chi connectivity index (χ1n) is 16.8. The molecule has 0 spiro atoms. The molecule has 0 radical (unpaired) electrons. The number of azo groups is 2. The minimum absolute atomic E-state index is 0.00297. The lowest BCUT2D eigenvalue weighted by atomic mass is 10.1. The number of carboxylic acid groups (broad SMARTS) is 4. The van der Waals surface area contributed by atoms with Crippen LogP contribution in [0.4, 0.5) is 52.0 Å². The van der Waals surface area contributed by atoms with Crippen LogP contribution in [0, 0.1) is 0 Å². The van der Waals surface area contributed by atoms with Crippen LogP contribution in [0.2, 0.25) is 10.0 Å². The van der Waals surface area contributed by atoms with Crippen LogP contribution in [0.3, 0.4) is 0 Å². The van der Waals surface area contributed by atoms with E-state index in [2.05, 4.69) is 51.4 Å². The molecule has 0 aliphatic heterocycles. The number of aromatic hydroxyl groups is 1. The number of phenolic OH excluding ortho intramolecular Hbond substituents is 1. The molecule has 61 heavy (non-hydrogen) atoms. The SMILES string of the molecule is CNc1nc(Nc2cc(Cl)c(N=Nc3cc(C(=O)O)cc(C(=O)O)c3)cc2O)nc(Nc2cc(Cl)c(N=Nc3cc(C(=O)O)cc(C(=O)O)c3)cc2OCCCS(=O)(=O)O)n1. The molecule has 0 unspecified atom stereocenters. The molecule has 4 aromatic carbocycles. The third-order valence-corrected chi connectivity index (χ3v) is 9.05. The Balaban J connectivity index is 1.44. The van der Waals surface area contributed by atoms with Crippen molar-refractivity contribution in [3.63, 3.8) is 0 Å². The lowest BCUT2D eigenvalue weighted by Crippen LogP contribution is -2.10. The Kier molecular flexibility index (Phi) is 13.9. The van der Waals surface area contributed by atoms with Gasteiger partial charge in [-0.05, 0) is 55.0 Å². The maximum atomic E-state index is 11.5. The predicted octanol–water partition coefficient (Wildman–Crippen LogP) is 7.69. The number of anilines is 5. The number of ether oxygens (including phenoxy) is 1. The number of aromatic carboxylic acids is 4. The summed E-state index contributed by atoms with van der Waals surface area (Å²) >= 11 is 12.9. The van der Waals surface area contributed by atoms with Gasteiger partial charge in [-0.25, -0.2) is 19.2 Å². The smallest absolute Gasteiger partial charge is 0.335 e. The van der Waals surface area contributed by atoms with Gasteiger partial charge in [0.1, 0.15) is 22.9 Å². The Morgan fingerprint density at radius 1 is 0.639 bits per heavy atom. The molecule has 0 saturated heterocycles. The normalized spacial score (nSPS) is 11.4. The molecule has 0 amide bonds. The highest BCUT2D eigenvalue weighted by atomic mass is 35.5. The summed E-state index contributed by atoms with van der Waals surface area (Å²) in [5.74, 6) is -7.01. The minimum atomic E-state index is -4.33. The van der Waals surface area contributed by atoms with E-state index in [0.717, 1.165) is 42.5 Å². The molecule has 26 heteroatoms.